The van der Waals surface area contributed by atoms with Crippen LogP contribution in [0.25, 0.3) is 0 Å². The Morgan fingerprint density at radius 2 is 2.00 bits per heavy atom. The third-order valence-corrected chi connectivity index (χ3v) is 2.49. The Morgan fingerprint density at radius 1 is 1.31 bits per heavy atom. The van der Waals surface area contributed by atoms with Crippen molar-refractivity contribution in [3.63, 3.8) is 0 Å². The van der Waals surface area contributed by atoms with Crippen LogP contribution in [-0.2, 0) is 4.74 Å². The summed E-state index contributed by atoms with van der Waals surface area (Å²) < 4.78 is 5.19. The molecule has 0 aliphatic rings. The zero-order valence-corrected chi connectivity index (χ0v) is 10.0. The molecule has 2 N–H and O–H groups in total. The Morgan fingerprint density at radius 3 is 2.56 bits per heavy atom. The maximum atomic E-state index is 9.19. The minimum Gasteiger partial charge on any atom is -0.393 e. The van der Waals surface area contributed by atoms with Gasteiger partial charge in [-0.15, -0.1) is 0 Å². The van der Waals surface area contributed by atoms with Crippen LogP contribution in [0.2, 0.25) is 0 Å². The second kappa shape index (κ2) is 7.39. The van der Waals surface area contributed by atoms with E-state index >= 15 is 0 Å². The number of rotatable bonds is 7. The molecule has 1 aromatic carbocycles. The van der Waals surface area contributed by atoms with E-state index in [1.165, 1.54) is 5.56 Å². The molecule has 2 unspecified atom stereocenters. The normalized spacial score (nSPS) is 14.7. The molecule has 0 aliphatic heterocycles. The van der Waals surface area contributed by atoms with Gasteiger partial charge in [-0.25, -0.2) is 0 Å². The summed E-state index contributed by atoms with van der Waals surface area (Å²) in [6.45, 7) is 3.24. The van der Waals surface area contributed by atoms with Gasteiger partial charge in [-0.3, -0.25) is 0 Å². The standard InChI is InChI=1S/C13H21NO2/c1-11(15)8-9-14-13(10-16-2)12-6-4-3-5-7-12/h3-7,11,13-15H,8-10H2,1-2H3. The monoisotopic (exact) mass is 223 g/mol. The molecule has 0 saturated carbocycles. The van der Waals surface area contributed by atoms with Crippen molar-refractivity contribution in [2.75, 3.05) is 20.3 Å². The maximum absolute atomic E-state index is 9.19. The van der Waals surface area contributed by atoms with E-state index in [4.69, 9.17) is 4.74 Å². The van der Waals surface area contributed by atoms with Gasteiger partial charge in [0.05, 0.1) is 18.8 Å². The van der Waals surface area contributed by atoms with Gasteiger partial charge in [-0.05, 0) is 25.5 Å². The molecule has 90 valence electrons. The Bertz CT molecular complexity index is 275. The van der Waals surface area contributed by atoms with E-state index in [1.54, 1.807) is 14.0 Å². The molecule has 0 fully saturated rings. The molecule has 1 aromatic rings. The van der Waals surface area contributed by atoms with Crippen molar-refractivity contribution < 1.29 is 9.84 Å². The first-order chi connectivity index (χ1) is 7.74. The van der Waals surface area contributed by atoms with Crippen LogP contribution in [0.1, 0.15) is 24.9 Å². The Balaban J connectivity index is 2.48. The average molecular weight is 223 g/mol. The fraction of sp³-hybridized carbons (Fsp3) is 0.538. The van der Waals surface area contributed by atoms with Gasteiger partial charge in [0, 0.05) is 7.11 Å². The van der Waals surface area contributed by atoms with Crippen LogP contribution in [0.3, 0.4) is 0 Å². The van der Waals surface area contributed by atoms with E-state index < -0.39 is 0 Å². The summed E-state index contributed by atoms with van der Waals surface area (Å²) in [6, 6.07) is 10.4. The topological polar surface area (TPSA) is 41.5 Å². The largest absolute Gasteiger partial charge is 0.393 e. The fourth-order valence-corrected chi connectivity index (χ4v) is 1.59. The molecule has 0 aromatic heterocycles. The number of nitrogens with one attached hydrogen (secondary N) is 1. The van der Waals surface area contributed by atoms with Gasteiger partial charge in [0.1, 0.15) is 0 Å². The first kappa shape index (κ1) is 13.2. The SMILES string of the molecule is COCC(NCCC(C)O)c1ccccc1. The predicted molar refractivity (Wildman–Crippen MR) is 65.4 cm³/mol. The van der Waals surface area contributed by atoms with E-state index in [1.807, 2.05) is 18.2 Å². The van der Waals surface area contributed by atoms with Crippen LogP contribution in [0.15, 0.2) is 30.3 Å². The van der Waals surface area contributed by atoms with Crippen LogP contribution in [0.5, 0.6) is 0 Å². The van der Waals surface area contributed by atoms with Gasteiger partial charge in [-0.1, -0.05) is 30.3 Å². The quantitative estimate of drug-likeness (QED) is 0.739. The number of hydrogen-bond acceptors (Lipinski definition) is 3. The highest BCUT2D eigenvalue weighted by molar-refractivity contribution is 5.18. The molecule has 2 atom stereocenters. The van der Waals surface area contributed by atoms with Crippen molar-refractivity contribution in [1.29, 1.82) is 0 Å². The zero-order valence-electron chi connectivity index (χ0n) is 10.0. The summed E-state index contributed by atoms with van der Waals surface area (Å²) in [5, 5.41) is 12.6. The Kier molecular flexibility index (Phi) is 6.08. The number of aliphatic hydroxyl groups is 1. The van der Waals surface area contributed by atoms with Crippen molar-refractivity contribution in [2.45, 2.75) is 25.5 Å². The summed E-state index contributed by atoms with van der Waals surface area (Å²) in [7, 11) is 1.70. The Hall–Kier alpha value is -0.900. The number of benzene rings is 1. The number of aliphatic hydroxyl groups excluding tert-OH is 1. The summed E-state index contributed by atoms with van der Waals surface area (Å²) in [4.78, 5) is 0. The molecule has 1 rings (SSSR count). The predicted octanol–water partition coefficient (Wildman–Crippen LogP) is 1.73. The van der Waals surface area contributed by atoms with Gasteiger partial charge in [0.15, 0.2) is 0 Å². The minimum atomic E-state index is -0.258. The number of ether oxygens (including phenoxy) is 1. The van der Waals surface area contributed by atoms with Crippen LogP contribution in [-0.4, -0.2) is 31.5 Å². The van der Waals surface area contributed by atoms with Gasteiger partial charge < -0.3 is 15.2 Å². The minimum absolute atomic E-state index is 0.199. The molecule has 0 heterocycles. The van der Waals surface area contributed by atoms with Crippen LogP contribution in [0, 0.1) is 0 Å². The molecule has 0 bridgehead atoms. The van der Waals surface area contributed by atoms with Gasteiger partial charge in [0.2, 0.25) is 0 Å². The Labute approximate surface area is 97.4 Å². The zero-order chi connectivity index (χ0) is 11.8. The fourth-order valence-electron chi connectivity index (χ4n) is 1.59. The summed E-state index contributed by atoms with van der Waals surface area (Å²) in [5.74, 6) is 0. The average Bonchev–Trinajstić information content (AvgIpc) is 2.29. The maximum Gasteiger partial charge on any atom is 0.0657 e. The number of hydrogen-bond donors (Lipinski definition) is 2. The summed E-state index contributed by atoms with van der Waals surface area (Å²) >= 11 is 0. The second-order valence-electron chi connectivity index (χ2n) is 4.01. The van der Waals surface area contributed by atoms with Gasteiger partial charge >= 0.3 is 0 Å². The first-order valence-corrected chi connectivity index (χ1v) is 5.69. The lowest BCUT2D eigenvalue weighted by Gasteiger charge is -2.18. The van der Waals surface area contributed by atoms with Crippen molar-refractivity contribution in [2.24, 2.45) is 0 Å². The van der Waals surface area contributed by atoms with E-state index in [2.05, 4.69) is 17.4 Å². The molecule has 3 nitrogen and oxygen atoms in total. The van der Waals surface area contributed by atoms with Crippen LogP contribution >= 0.6 is 0 Å². The molecular formula is C13H21NO2. The van der Waals surface area contributed by atoms with Gasteiger partial charge in [-0.2, -0.15) is 0 Å². The summed E-state index contributed by atoms with van der Waals surface area (Å²) in [5.41, 5.74) is 1.22. The highest BCUT2D eigenvalue weighted by Crippen LogP contribution is 2.12. The van der Waals surface area contributed by atoms with Crippen LogP contribution in [0.4, 0.5) is 0 Å². The lowest BCUT2D eigenvalue weighted by atomic mass is 10.1. The molecule has 16 heavy (non-hydrogen) atoms. The lowest BCUT2D eigenvalue weighted by molar-refractivity contribution is 0.156. The van der Waals surface area contributed by atoms with E-state index in [0.29, 0.717) is 6.61 Å². The molecule has 0 spiro atoms. The van der Waals surface area contributed by atoms with E-state index in [9.17, 15) is 5.11 Å². The number of methoxy groups -OCH3 is 1. The van der Waals surface area contributed by atoms with E-state index in [-0.39, 0.29) is 12.1 Å². The lowest BCUT2D eigenvalue weighted by Crippen LogP contribution is -2.27. The highest BCUT2D eigenvalue weighted by Gasteiger charge is 2.09. The van der Waals surface area contributed by atoms with Gasteiger partial charge in [0.25, 0.3) is 0 Å². The molecular weight excluding hydrogens is 202 g/mol. The summed E-state index contributed by atoms with van der Waals surface area (Å²) in [6.07, 6.45) is 0.499. The van der Waals surface area contributed by atoms with Crippen LogP contribution < -0.4 is 5.32 Å². The molecule has 0 saturated heterocycles. The third kappa shape index (κ3) is 4.75. The van der Waals surface area contributed by atoms with Crippen molar-refractivity contribution in [1.82, 2.24) is 5.32 Å². The first-order valence-electron chi connectivity index (χ1n) is 5.69. The highest BCUT2D eigenvalue weighted by atomic mass is 16.5. The van der Waals surface area contributed by atoms with E-state index in [0.717, 1.165) is 13.0 Å². The molecule has 0 amide bonds. The second-order valence-corrected chi connectivity index (χ2v) is 4.01. The smallest absolute Gasteiger partial charge is 0.0657 e. The third-order valence-electron chi connectivity index (χ3n) is 2.49. The molecule has 0 aliphatic carbocycles. The molecule has 0 radical (unpaired) electrons. The molecule has 3 heteroatoms. The van der Waals surface area contributed by atoms with Crippen molar-refractivity contribution >= 4 is 0 Å². The van der Waals surface area contributed by atoms with Crippen molar-refractivity contribution in [3.8, 4) is 0 Å². The van der Waals surface area contributed by atoms with Crippen molar-refractivity contribution in [3.05, 3.63) is 35.9 Å².